The molecule has 4 heterocycles. The van der Waals surface area contributed by atoms with Crippen LogP contribution in [0.4, 0.5) is 0 Å². The first-order valence-corrected chi connectivity index (χ1v) is 6.77. The van der Waals surface area contributed by atoms with Crippen LogP contribution in [0, 0.1) is 5.41 Å². The van der Waals surface area contributed by atoms with Crippen molar-refractivity contribution in [1.29, 1.82) is 0 Å². The van der Waals surface area contributed by atoms with Crippen molar-refractivity contribution in [3.63, 3.8) is 0 Å². The van der Waals surface area contributed by atoms with Gasteiger partial charge < -0.3 is 14.5 Å². The molecule has 17 heavy (non-hydrogen) atoms. The molecule has 4 aliphatic heterocycles. The first kappa shape index (κ1) is 10.0. The van der Waals surface area contributed by atoms with Gasteiger partial charge in [0.25, 0.3) is 0 Å². The van der Waals surface area contributed by atoms with Crippen LogP contribution in [0.25, 0.3) is 0 Å². The quantitative estimate of drug-likeness (QED) is 0.631. The van der Waals surface area contributed by atoms with Crippen LogP contribution in [0.2, 0.25) is 0 Å². The topological polar surface area (TPSA) is 15.7 Å². The molecule has 0 aromatic heterocycles. The highest BCUT2D eigenvalue weighted by molar-refractivity contribution is 5.29. The van der Waals surface area contributed by atoms with Gasteiger partial charge in [0.1, 0.15) is 11.9 Å². The number of rotatable bonds is 0. The molecule has 0 saturated carbocycles. The molecule has 0 aromatic rings. The number of ether oxygens (including phenoxy) is 1. The second-order valence-electron chi connectivity index (χ2n) is 6.05. The Morgan fingerprint density at radius 2 is 2.35 bits per heavy atom. The monoisotopic (exact) mass is 232 g/mol. The zero-order chi connectivity index (χ0) is 11.5. The summed E-state index contributed by atoms with van der Waals surface area (Å²) in [6, 6.07) is 0. The number of hydrogen-bond acceptors (Lipinski definition) is 3. The lowest BCUT2D eigenvalue weighted by Crippen LogP contribution is -2.49. The van der Waals surface area contributed by atoms with Gasteiger partial charge in [-0.1, -0.05) is 6.08 Å². The highest BCUT2D eigenvalue weighted by atomic mass is 16.5. The zero-order valence-corrected chi connectivity index (χ0v) is 10.5. The number of likely N-dealkylation sites (N-methyl/N-ethyl adjacent to an activating group) is 1. The molecular formula is C14H20N2O. The van der Waals surface area contributed by atoms with E-state index in [2.05, 4.69) is 29.0 Å². The predicted octanol–water partition coefficient (Wildman–Crippen LogP) is 1.58. The summed E-state index contributed by atoms with van der Waals surface area (Å²) in [5.41, 5.74) is 1.86. The van der Waals surface area contributed by atoms with E-state index < -0.39 is 0 Å². The summed E-state index contributed by atoms with van der Waals surface area (Å²) in [5.74, 6) is 1.15. The summed E-state index contributed by atoms with van der Waals surface area (Å²) in [6.07, 6.45) is 8.63. The molecule has 2 fully saturated rings. The lowest BCUT2D eigenvalue weighted by molar-refractivity contribution is -0.0480. The van der Waals surface area contributed by atoms with Crippen molar-refractivity contribution in [2.75, 3.05) is 33.2 Å². The first-order chi connectivity index (χ1) is 8.27. The maximum absolute atomic E-state index is 6.31. The molecule has 4 aliphatic rings. The fourth-order valence-corrected chi connectivity index (χ4v) is 4.01. The van der Waals surface area contributed by atoms with E-state index in [1.807, 2.05) is 0 Å². The van der Waals surface area contributed by atoms with Crippen LogP contribution in [0.3, 0.4) is 0 Å². The molecule has 0 amide bonds. The summed E-state index contributed by atoms with van der Waals surface area (Å²) in [6.45, 7) is 4.80. The van der Waals surface area contributed by atoms with Crippen molar-refractivity contribution < 1.29 is 4.74 Å². The minimum atomic E-state index is 0.427. The van der Waals surface area contributed by atoms with Gasteiger partial charge in [-0.15, -0.1) is 0 Å². The van der Waals surface area contributed by atoms with Gasteiger partial charge in [-0.25, -0.2) is 0 Å². The molecule has 3 atom stereocenters. The zero-order valence-electron chi connectivity index (χ0n) is 10.5. The SMILES string of the molecule is CN1CC=CC2=C1C[C@@]13CCN(CCC1O2)C3. The second kappa shape index (κ2) is 3.29. The van der Waals surface area contributed by atoms with Crippen LogP contribution in [-0.2, 0) is 4.74 Å². The number of allylic oxidation sites excluding steroid dienone is 2. The Labute approximate surface area is 103 Å². The Bertz CT molecular complexity index is 414. The lowest BCUT2D eigenvalue weighted by atomic mass is 9.72. The maximum atomic E-state index is 6.31. The molecule has 3 nitrogen and oxygen atoms in total. The molecule has 3 heteroatoms. The van der Waals surface area contributed by atoms with Gasteiger partial charge in [-0.05, 0) is 25.5 Å². The number of piperidine rings is 1. The summed E-state index contributed by atoms with van der Waals surface area (Å²) >= 11 is 0. The van der Waals surface area contributed by atoms with E-state index in [0.717, 1.165) is 12.3 Å². The van der Waals surface area contributed by atoms with Crippen molar-refractivity contribution in [3.8, 4) is 0 Å². The smallest absolute Gasteiger partial charge is 0.138 e. The fourth-order valence-electron chi connectivity index (χ4n) is 4.01. The Morgan fingerprint density at radius 1 is 1.41 bits per heavy atom. The third-order valence-electron chi connectivity index (χ3n) is 5.04. The van der Waals surface area contributed by atoms with Crippen LogP contribution in [0.15, 0.2) is 23.6 Å². The lowest BCUT2D eigenvalue weighted by Gasteiger charge is -2.47. The van der Waals surface area contributed by atoms with E-state index in [1.54, 1.807) is 0 Å². The molecule has 2 saturated heterocycles. The fraction of sp³-hybridized carbons (Fsp3) is 0.714. The van der Waals surface area contributed by atoms with E-state index in [9.17, 15) is 0 Å². The molecule has 0 aliphatic carbocycles. The van der Waals surface area contributed by atoms with Crippen molar-refractivity contribution in [2.45, 2.75) is 25.4 Å². The predicted molar refractivity (Wildman–Crippen MR) is 66.4 cm³/mol. The van der Waals surface area contributed by atoms with E-state index in [4.69, 9.17) is 4.74 Å². The average Bonchev–Trinajstić information content (AvgIpc) is 2.66. The maximum Gasteiger partial charge on any atom is 0.138 e. The highest BCUT2D eigenvalue weighted by Gasteiger charge is 2.52. The normalized spacial score (nSPS) is 43.2. The minimum Gasteiger partial charge on any atom is -0.488 e. The summed E-state index contributed by atoms with van der Waals surface area (Å²) in [7, 11) is 2.19. The summed E-state index contributed by atoms with van der Waals surface area (Å²) in [4.78, 5) is 4.97. The van der Waals surface area contributed by atoms with Crippen LogP contribution in [0.1, 0.15) is 19.3 Å². The number of nitrogens with zero attached hydrogens (tertiary/aromatic N) is 2. The van der Waals surface area contributed by atoms with Crippen molar-refractivity contribution in [3.05, 3.63) is 23.6 Å². The minimum absolute atomic E-state index is 0.427. The summed E-state index contributed by atoms with van der Waals surface area (Å²) < 4.78 is 6.31. The summed E-state index contributed by atoms with van der Waals surface area (Å²) in [5, 5.41) is 0. The molecule has 0 N–H and O–H groups in total. The Kier molecular flexibility index (Phi) is 1.93. The van der Waals surface area contributed by atoms with E-state index in [0.29, 0.717) is 11.5 Å². The largest absolute Gasteiger partial charge is 0.488 e. The van der Waals surface area contributed by atoms with E-state index in [-0.39, 0.29) is 0 Å². The third-order valence-corrected chi connectivity index (χ3v) is 5.04. The Morgan fingerprint density at radius 3 is 3.29 bits per heavy atom. The molecule has 2 bridgehead atoms. The Hall–Kier alpha value is -0.960. The van der Waals surface area contributed by atoms with Crippen LogP contribution in [0.5, 0.6) is 0 Å². The molecule has 92 valence electrons. The van der Waals surface area contributed by atoms with Crippen LogP contribution in [-0.4, -0.2) is 49.1 Å². The standard InChI is InChI=1S/C14H20N2O/c1-15-6-2-3-12-11(15)9-14-5-8-16(10-14)7-4-13(14)17-12/h2-3,13H,4-10H2,1H3/t13?,14-/m1/s1. The van der Waals surface area contributed by atoms with Gasteiger partial charge in [-0.3, -0.25) is 0 Å². The number of hydrogen-bond donors (Lipinski definition) is 0. The van der Waals surface area contributed by atoms with Crippen molar-refractivity contribution in [2.24, 2.45) is 5.41 Å². The highest BCUT2D eigenvalue weighted by Crippen LogP contribution is 2.50. The third kappa shape index (κ3) is 1.32. The van der Waals surface area contributed by atoms with Gasteiger partial charge >= 0.3 is 0 Å². The van der Waals surface area contributed by atoms with E-state index in [1.165, 1.54) is 44.6 Å². The van der Waals surface area contributed by atoms with Crippen LogP contribution < -0.4 is 0 Å². The Balaban J connectivity index is 1.73. The van der Waals surface area contributed by atoms with Crippen LogP contribution >= 0.6 is 0 Å². The van der Waals surface area contributed by atoms with Gasteiger partial charge in [0, 0.05) is 38.5 Å². The molecule has 0 aromatic carbocycles. The van der Waals surface area contributed by atoms with Crippen molar-refractivity contribution >= 4 is 0 Å². The van der Waals surface area contributed by atoms with Gasteiger partial charge in [0.05, 0.1) is 5.70 Å². The van der Waals surface area contributed by atoms with Gasteiger partial charge in [0.2, 0.25) is 0 Å². The number of fused-ring (bicyclic) bond motifs is 1. The molecular weight excluding hydrogens is 212 g/mol. The van der Waals surface area contributed by atoms with Crippen molar-refractivity contribution in [1.82, 2.24) is 9.80 Å². The average molecular weight is 232 g/mol. The van der Waals surface area contributed by atoms with Gasteiger partial charge in [-0.2, -0.15) is 0 Å². The second-order valence-corrected chi connectivity index (χ2v) is 6.05. The molecule has 0 radical (unpaired) electrons. The van der Waals surface area contributed by atoms with Gasteiger partial charge in [0.15, 0.2) is 0 Å². The molecule has 1 spiro atoms. The molecule has 4 rings (SSSR count). The van der Waals surface area contributed by atoms with E-state index >= 15 is 0 Å². The first-order valence-electron chi connectivity index (χ1n) is 6.77. The molecule has 2 unspecified atom stereocenters.